The minimum absolute atomic E-state index is 0.118. The Morgan fingerprint density at radius 1 is 1.22 bits per heavy atom. The van der Waals surface area contributed by atoms with E-state index in [1.54, 1.807) is 19.9 Å². The van der Waals surface area contributed by atoms with Crippen molar-refractivity contribution in [1.29, 1.82) is 0 Å². The second-order valence-electron chi connectivity index (χ2n) is 9.34. The molecule has 3 saturated carbocycles. The van der Waals surface area contributed by atoms with Gasteiger partial charge in [0.25, 0.3) is 0 Å². The maximum atomic E-state index is 16.7. The zero-order valence-corrected chi connectivity index (χ0v) is 15.9. The highest BCUT2D eigenvalue weighted by atomic mass is 19.1. The van der Waals surface area contributed by atoms with Crippen molar-refractivity contribution in [3.05, 3.63) is 23.8 Å². The molecule has 0 amide bonds. The zero-order valence-electron chi connectivity index (χ0n) is 15.9. The molecule has 0 bridgehead atoms. The molecule has 148 valence electrons. The lowest BCUT2D eigenvalue weighted by Gasteiger charge is -2.62. The van der Waals surface area contributed by atoms with Crippen LogP contribution in [-0.4, -0.2) is 50.4 Å². The molecule has 3 N–H and O–H groups in total. The summed E-state index contributed by atoms with van der Waals surface area (Å²) in [5.41, 5.74) is -5.57. The van der Waals surface area contributed by atoms with Gasteiger partial charge in [-0.3, -0.25) is 9.59 Å². The number of ketones is 2. The van der Waals surface area contributed by atoms with E-state index < -0.39 is 51.9 Å². The van der Waals surface area contributed by atoms with E-state index >= 15 is 4.39 Å². The number of alkyl halides is 1. The number of carbonyl (C=O) groups is 2. The van der Waals surface area contributed by atoms with E-state index in [4.69, 9.17) is 0 Å². The molecule has 4 rings (SSSR count). The third-order valence-electron chi connectivity index (χ3n) is 8.40. The number of Topliss-reactive ketones (excluding diaryl/α,β-unsaturated/α-hetero) is 1. The van der Waals surface area contributed by atoms with Gasteiger partial charge in [-0.1, -0.05) is 18.6 Å². The second-order valence-corrected chi connectivity index (χ2v) is 9.34. The Bertz CT molecular complexity index is 789. The van der Waals surface area contributed by atoms with Crippen molar-refractivity contribution < 1.29 is 29.3 Å². The summed E-state index contributed by atoms with van der Waals surface area (Å²) in [6.07, 6.45) is 2.57. The van der Waals surface area contributed by atoms with Crippen LogP contribution in [0.25, 0.3) is 0 Å². The van der Waals surface area contributed by atoms with Gasteiger partial charge in [-0.2, -0.15) is 0 Å². The molecule has 6 heteroatoms. The van der Waals surface area contributed by atoms with Gasteiger partial charge in [0.05, 0.1) is 12.2 Å². The zero-order chi connectivity index (χ0) is 20.0. The lowest BCUT2D eigenvalue weighted by Crippen LogP contribution is -2.69. The highest BCUT2D eigenvalue weighted by Crippen LogP contribution is 2.69. The predicted molar refractivity (Wildman–Crippen MR) is 95.4 cm³/mol. The summed E-state index contributed by atoms with van der Waals surface area (Å²) in [5.74, 6) is -1.81. The molecular weight excluding hydrogens is 351 g/mol. The minimum atomic E-state index is -2.03. The van der Waals surface area contributed by atoms with Crippen molar-refractivity contribution >= 4 is 11.6 Å². The standard InChI is InChI=1S/C21H27FO5/c1-11(23)21(27)16(25)9-15-14-5-4-12-8-13(24)6-7-18(12,2)20(14,22)17(26)10-19(15,21)3/h6-8,14-17,25-27H,4-5,9-10H2,1-3H3/t14-,15-,16+,17-,18-,19-,20-,21+/m0/s1. The van der Waals surface area contributed by atoms with E-state index in [9.17, 15) is 24.9 Å². The van der Waals surface area contributed by atoms with Gasteiger partial charge < -0.3 is 15.3 Å². The Balaban J connectivity index is 1.85. The van der Waals surface area contributed by atoms with Crippen LogP contribution in [0.5, 0.6) is 0 Å². The minimum Gasteiger partial charge on any atom is -0.390 e. The molecule has 0 aromatic rings. The summed E-state index contributed by atoms with van der Waals surface area (Å²) in [6, 6.07) is 0. The first-order valence-corrected chi connectivity index (χ1v) is 9.65. The predicted octanol–water partition coefficient (Wildman–Crippen LogP) is 1.65. The first-order valence-electron chi connectivity index (χ1n) is 9.65. The van der Waals surface area contributed by atoms with Gasteiger partial charge in [0.15, 0.2) is 22.8 Å². The molecule has 0 spiro atoms. The summed E-state index contributed by atoms with van der Waals surface area (Å²) < 4.78 is 16.7. The average Bonchev–Trinajstić information content (AvgIpc) is 2.79. The average molecular weight is 378 g/mol. The fourth-order valence-electron chi connectivity index (χ4n) is 6.86. The third-order valence-corrected chi connectivity index (χ3v) is 8.40. The summed E-state index contributed by atoms with van der Waals surface area (Å²) >= 11 is 0. The maximum absolute atomic E-state index is 16.7. The normalized spacial score (nSPS) is 54.0. The van der Waals surface area contributed by atoms with Crippen molar-refractivity contribution in [3.8, 4) is 0 Å². The fraction of sp³-hybridized carbons (Fsp3) is 0.714. The molecule has 3 fully saturated rings. The summed E-state index contributed by atoms with van der Waals surface area (Å²) in [7, 11) is 0. The first-order chi connectivity index (χ1) is 12.4. The molecule has 27 heavy (non-hydrogen) atoms. The second kappa shape index (κ2) is 5.37. The third kappa shape index (κ3) is 1.94. The van der Waals surface area contributed by atoms with E-state index in [0.29, 0.717) is 18.4 Å². The Morgan fingerprint density at radius 2 is 1.89 bits per heavy atom. The lowest BCUT2D eigenvalue weighted by atomic mass is 9.44. The molecule has 5 nitrogen and oxygen atoms in total. The van der Waals surface area contributed by atoms with Crippen molar-refractivity contribution in [2.24, 2.45) is 22.7 Å². The van der Waals surface area contributed by atoms with Crippen molar-refractivity contribution in [3.63, 3.8) is 0 Å². The number of hydrogen-bond acceptors (Lipinski definition) is 5. The quantitative estimate of drug-likeness (QED) is 0.645. The highest BCUT2D eigenvalue weighted by molar-refractivity contribution is 6.01. The van der Waals surface area contributed by atoms with Crippen LogP contribution in [0.15, 0.2) is 23.8 Å². The van der Waals surface area contributed by atoms with Crippen LogP contribution in [0, 0.1) is 22.7 Å². The van der Waals surface area contributed by atoms with Crippen LogP contribution in [0.4, 0.5) is 4.39 Å². The van der Waals surface area contributed by atoms with Gasteiger partial charge in [-0.25, -0.2) is 4.39 Å². The molecule has 4 aliphatic carbocycles. The Hall–Kier alpha value is -1.37. The molecule has 0 aromatic heterocycles. The number of hydrogen-bond donors (Lipinski definition) is 3. The molecule has 0 unspecified atom stereocenters. The van der Waals surface area contributed by atoms with Gasteiger partial charge >= 0.3 is 0 Å². The fourth-order valence-corrected chi connectivity index (χ4v) is 6.86. The van der Waals surface area contributed by atoms with Gasteiger partial charge in [-0.15, -0.1) is 0 Å². The smallest absolute Gasteiger partial charge is 0.178 e. The monoisotopic (exact) mass is 378 g/mol. The molecule has 4 aliphatic rings. The number of aliphatic hydroxyl groups is 3. The number of allylic oxidation sites excluding steroid dienone is 4. The van der Waals surface area contributed by atoms with Crippen molar-refractivity contribution in [2.75, 3.05) is 0 Å². The lowest BCUT2D eigenvalue weighted by molar-refractivity contribution is -0.220. The number of carbonyl (C=O) groups excluding carboxylic acids is 2. The highest BCUT2D eigenvalue weighted by Gasteiger charge is 2.75. The number of fused-ring (bicyclic) bond motifs is 5. The van der Waals surface area contributed by atoms with Crippen LogP contribution in [0.3, 0.4) is 0 Å². The van der Waals surface area contributed by atoms with E-state index in [0.717, 1.165) is 0 Å². The van der Waals surface area contributed by atoms with Crippen molar-refractivity contribution in [1.82, 2.24) is 0 Å². The summed E-state index contributed by atoms with van der Waals surface area (Å²) in [5, 5.41) is 32.7. The molecule has 0 heterocycles. The van der Waals surface area contributed by atoms with E-state index in [1.165, 1.54) is 19.1 Å². The molecule has 0 saturated heterocycles. The maximum Gasteiger partial charge on any atom is 0.178 e. The summed E-state index contributed by atoms with van der Waals surface area (Å²) in [6.45, 7) is 4.63. The van der Waals surface area contributed by atoms with Gasteiger partial charge in [0.2, 0.25) is 0 Å². The van der Waals surface area contributed by atoms with E-state index in [2.05, 4.69) is 0 Å². The van der Waals surface area contributed by atoms with Gasteiger partial charge in [-0.05, 0) is 57.6 Å². The van der Waals surface area contributed by atoms with E-state index in [1.807, 2.05) is 0 Å². The largest absolute Gasteiger partial charge is 0.390 e. The molecule has 8 atom stereocenters. The van der Waals surface area contributed by atoms with Crippen LogP contribution >= 0.6 is 0 Å². The van der Waals surface area contributed by atoms with Crippen LogP contribution < -0.4 is 0 Å². The number of rotatable bonds is 1. The Labute approximate surface area is 158 Å². The van der Waals surface area contributed by atoms with Gasteiger partial charge in [0.1, 0.15) is 0 Å². The Kier molecular flexibility index (Phi) is 3.77. The first kappa shape index (κ1) is 19.0. The molecule has 0 aliphatic heterocycles. The van der Waals surface area contributed by atoms with Crippen LogP contribution in [-0.2, 0) is 9.59 Å². The van der Waals surface area contributed by atoms with Crippen LogP contribution in [0.1, 0.15) is 46.5 Å². The topological polar surface area (TPSA) is 94.8 Å². The van der Waals surface area contributed by atoms with Crippen LogP contribution in [0.2, 0.25) is 0 Å². The molecule has 0 radical (unpaired) electrons. The summed E-state index contributed by atoms with van der Waals surface area (Å²) in [4.78, 5) is 24.1. The van der Waals surface area contributed by atoms with Crippen molar-refractivity contribution in [2.45, 2.75) is 69.9 Å². The number of aliphatic hydroxyl groups excluding tert-OH is 2. The van der Waals surface area contributed by atoms with E-state index in [-0.39, 0.29) is 18.6 Å². The van der Waals surface area contributed by atoms with Gasteiger partial charge in [0, 0.05) is 16.7 Å². The molecule has 0 aromatic carbocycles. The molecular formula is C21H27FO5. The Morgan fingerprint density at radius 3 is 2.52 bits per heavy atom. The SMILES string of the molecule is CC(=O)[C@@]1(O)[C@H](O)C[C@H]2[C@@H]3CCC4=CC(=O)C=C[C@]4(C)[C@@]3(F)[C@@H](O)C[C@@]21C. The number of halogens is 1.